The van der Waals surface area contributed by atoms with E-state index in [-0.39, 0.29) is 27.0 Å². The zero-order valence-corrected chi connectivity index (χ0v) is 18.5. The first-order valence-electron chi connectivity index (χ1n) is 9.27. The lowest BCUT2D eigenvalue weighted by Gasteiger charge is -2.34. The number of benzene rings is 2. The van der Waals surface area contributed by atoms with E-state index in [2.05, 4.69) is 10.3 Å². The summed E-state index contributed by atoms with van der Waals surface area (Å²) < 4.78 is 51.9. The molecule has 1 heterocycles. The van der Waals surface area contributed by atoms with Crippen molar-refractivity contribution in [3.63, 3.8) is 0 Å². The molecule has 0 aliphatic carbocycles. The van der Waals surface area contributed by atoms with Crippen LogP contribution in [0.4, 0.5) is 19.3 Å². The molecule has 8 nitrogen and oxygen atoms in total. The molecule has 0 radical (unpaired) electrons. The van der Waals surface area contributed by atoms with Gasteiger partial charge in [0.25, 0.3) is 5.56 Å². The maximum Gasteiger partial charge on any atom is 0.323 e. The number of carbonyl (C=O) groups excluding carboxylic acids is 1. The van der Waals surface area contributed by atoms with Crippen LogP contribution >= 0.6 is 11.6 Å². The molecule has 0 saturated heterocycles. The third-order valence-electron chi connectivity index (χ3n) is 5.05. The van der Waals surface area contributed by atoms with Gasteiger partial charge in [0.2, 0.25) is 10.0 Å². The van der Waals surface area contributed by atoms with Crippen LogP contribution in [-0.2, 0) is 10.0 Å². The normalized spacial score (nSPS) is 13.6. The monoisotopic (exact) mass is 484 g/mol. The van der Waals surface area contributed by atoms with Gasteiger partial charge >= 0.3 is 6.03 Å². The quantitative estimate of drug-likeness (QED) is 0.510. The van der Waals surface area contributed by atoms with E-state index >= 15 is 0 Å². The Hall–Kier alpha value is -3.02. The highest BCUT2D eigenvalue weighted by Gasteiger charge is 2.34. The summed E-state index contributed by atoms with van der Waals surface area (Å²) in [7, 11) is -4.24. The summed E-state index contributed by atoms with van der Waals surface area (Å²) in [4.78, 5) is 28.5. The Bertz CT molecular complexity index is 1360. The second-order valence-corrected chi connectivity index (χ2v) is 9.33. The van der Waals surface area contributed by atoms with Crippen LogP contribution in [0, 0.1) is 11.6 Å². The predicted molar refractivity (Wildman–Crippen MR) is 118 cm³/mol. The molecule has 1 aromatic heterocycles. The van der Waals surface area contributed by atoms with Crippen LogP contribution in [0.25, 0.3) is 10.8 Å². The summed E-state index contributed by atoms with van der Waals surface area (Å²) in [5, 5.41) is 5.96. The highest BCUT2D eigenvalue weighted by Crippen LogP contribution is 2.30. The van der Waals surface area contributed by atoms with Gasteiger partial charge < -0.3 is 10.3 Å². The van der Waals surface area contributed by atoms with Crippen molar-refractivity contribution in [2.24, 2.45) is 5.14 Å². The molecule has 32 heavy (non-hydrogen) atoms. The Balaban J connectivity index is 2.10. The second kappa shape index (κ2) is 8.85. The Kier molecular flexibility index (Phi) is 6.54. The van der Waals surface area contributed by atoms with Gasteiger partial charge in [-0.05, 0) is 49.1 Å². The third kappa shape index (κ3) is 4.59. The van der Waals surface area contributed by atoms with Gasteiger partial charge in [-0.25, -0.2) is 27.1 Å². The molecule has 170 valence electrons. The molecule has 0 saturated carbocycles. The van der Waals surface area contributed by atoms with E-state index in [1.54, 1.807) is 0 Å². The number of amides is 2. The van der Waals surface area contributed by atoms with Crippen molar-refractivity contribution < 1.29 is 22.0 Å². The molecular weight excluding hydrogens is 466 g/mol. The SMILES string of the molecule is CC(c1c[nH]c(=O)c2c(F)cccc12)N(C(=O)Nc1ccc(F)c(Cl)c1)C(C)S(N)(=O)=O. The summed E-state index contributed by atoms with van der Waals surface area (Å²) in [5.74, 6) is -1.47. The van der Waals surface area contributed by atoms with Gasteiger partial charge in [0.05, 0.1) is 16.5 Å². The Morgan fingerprint density at radius 2 is 1.88 bits per heavy atom. The number of nitrogens with two attached hydrogens (primary N) is 1. The van der Waals surface area contributed by atoms with Crippen molar-refractivity contribution >= 4 is 44.1 Å². The number of nitrogens with zero attached hydrogens (tertiary/aromatic N) is 1. The van der Waals surface area contributed by atoms with Crippen LogP contribution < -0.4 is 16.0 Å². The lowest BCUT2D eigenvalue weighted by Crippen LogP contribution is -2.48. The average Bonchev–Trinajstić information content (AvgIpc) is 2.70. The van der Waals surface area contributed by atoms with Crippen molar-refractivity contribution in [1.29, 1.82) is 0 Å². The maximum absolute atomic E-state index is 14.3. The number of pyridine rings is 1. The Morgan fingerprint density at radius 1 is 1.19 bits per heavy atom. The zero-order chi connectivity index (χ0) is 23.8. The number of halogens is 3. The van der Waals surface area contributed by atoms with Crippen molar-refractivity contribution in [1.82, 2.24) is 9.88 Å². The average molecular weight is 485 g/mol. The van der Waals surface area contributed by atoms with Crippen molar-refractivity contribution in [2.45, 2.75) is 25.3 Å². The highest BCUT2D eigenvalue weighted by atomic mass is 35.5. The van der Waals surface area contributed by atoms with Gasteiger partial charge in [-0.3, -0.25) is 9.69 Å². The number of fused-ring (bicyclic) bond motifs is 1. The van der Waals surface area contributed by atoms with E-state index in [1.165, 1.54) is 38.2 Å². The Labute approximate surface area is 187 Å². The first-order valence-corrected chi connectivity index (χ1v) is 11.3. The smallest absolute Gasteiger partial charge is 0.323 e. The van der Waals surface area contributed by atoms with Crippen LogP contribution in [0.2, 0.25) is 5.02 Å². The Morgan fingerprint density at radius 3 is 2.50 bits per heavy atom. The lowest BCUT2D eigenvalue weighted by molar-refractivity contribution is 0.187. The van der Waals surface area contributed by atoms with E-state index in [4.69, 9.17) is 16.7 Å². The largest absolute Gasteiger partial charge is 0.328 e. The molecular formula is C20H19ClF2N4O4S. The minimum Gasteiger partial charge on any atom is -0.328 e. The number of nitrogens with one attached hydrogen (secondary N) is 2. The summed E-state index contributed by atoms with van der Waals surface area (Å²) in [5.41, 5.74) is -0.287. The van der Waals surface area contributed by atoms with E-state index in [9.17, 15) is 26.8 Å². The van der Waals surface area contributed by atoms with Crippen molar-refractivity contribution in [2.75, 3.05) is 5.32 Å². The minimum absolute atomic E-state index is 0.109. The number of hydrogen-bond donors (Lipinski definition) is 3. The number of rotatable bonds is 5. The number of hydrogen-bond acceptors (Lipinski definition) is 4. The van der Waals surface area contributed by atoms with Crippen LogP contribution in [0.15, 0.2) is 47.4 Å². The third-order valence-corrected chi connectivity index (χ3v) is 6.52. The molecule has 4 N–H and O–H groups in total. The first kappa shape index (κ1) is 23.6. The summed E-state index contributed by atoms with van der Waals surface area (Å²) in [6.45, 7) is 2.70. The van der Waals surface area contributed by atoms with E-state index in [0.29, 0.717) is 0 Å². The predicted octanol–water partition coefficient (Wildman–Crippen LogP) is 3.69. The molecule has 0 aliphatic heterocycles. The number of anilines is 1. The van der Waals surface area contributed by atoms with Crippen molar-refractivity contribution in [3.05, 3.63) is 75.2 Å². The summed E-state index contributed by atoms with van der Waals surface area (Å²) in [6, 6.07) is 5.55. The fraction of sp³-hybridized carbons (Fsp3) is 0.200. The van der Waals surface area contributed by atoms with Crippen LogP contribution in [0.5, 0.6) is 0 Å². The number of urea groups is 1. The van der Waals surface area contributed by atoms with E-state index in [1.807, 2.05) is 0 Å². The van der Waals surface area contributed by atoms with Gasteiger partial charge in [-0.15, -0.1) is 0 Å². The zero-order valence-electron chi connectivity index (χ0n) is 16.9. The van der Waals surface area contributed by atoms with Crippen LogP contribution in [0.1, 0.15) is 25.5 Å². The molecule has 3 rings (SSSR count). The molecule has 2 atom stereocenters. The fourth-order valence-corrected chi connectivity index (χ4v) is 4.14. The molecule has 0 bridgehead atoms. The fourth-order valence-electron chi connectivity index (χ4n) is 3.36. The first-order chi connectivity index (χ1) is 14.9. The van der Waals surface area contributed by atoms with Crippen LogP contribution in [0.3, 0.4) is 0 Å². The van der Waals surface area contributed by atoms with E-state index < -0.39 is 44.7 Å². The molecule has 0 spiro atoms. The summed E-state index contributed by atoms with van der Waals surface area (Å²) in [6.07, 6.45) is 1.28. The summed E-state index contributed by atoms with van der Waals surface area (Å²) >= 11 is 5.74. The second-order valence-electron chi connectivity index (χ2n) is 7.07. The van der Waals surface area contributed by atoms with Gasteiger partial charge in [0.15, 0.2) is 0 Å². The standard InChI is InChI=1S/C20H19ClF2N4O4S/c1-10(14-9-25-19(28)18-13(14)4-3-5-17(18)23)27(11(2)32(24,30)31)20(29)26-12-6-7-16(22)15(21)8-12/h3-11H,1-2H3,(H,25,28)(H,26,29)(H2,24,30,31). The van der Waals surface area contributed by atoms with Crippen molar-refractivity contribution in [3.8, 4) is 0 Å². The molecule has 2 unspecified atom stereocenters. The van der Waals surface area contributed by atoms with Gasteiger partial charge in [-0.2, -0.15) is 0 Å². The maximum atomic E-state index is 14.3. The van der Waals surface area contributed by atoms with Crippen LogP contribution in [-0.4, -0.2) is 29.7 Å². The number of primary sulfonamides is 1. The molecule has 3 aromatic rings. The van der Waals surface area contributed by atoms with E-state index in [0.717, 1.165) is 23.1 Å². The topological polar surface area (TPSA) is 125 Å². The van der Waals surface area contributed by atoms with Gasteiger partial charge in [0, 0.05) is 11.9 Å². The number of sulfonamides is 1. The molecule has 0 fully saturated rings. The van der Waals surface area contributed by atoms with Gasteiger partial charge in [-0.1, -0.05) is 23.7 Å². The number of aromatic amines is 1. The lowest BCUT2D eigenvalue weighted by atomic mass is 10.0. The number of carbonyl (C=O) groups is 1. The molecule has 2 aromatic carbocycles. The number of H-pyrrole nitrogens is 1. The van der Waals surface area contributed by atoms with Gasteiger partial charge in [0.1, 0.15) is 17.0 Å². The molecule has 2 amide bonds. The molecule has 0 aliphatic rings. The molecule has 12 heteroatoms. The number of aromatic nitrogens is 1. The highest BCUT2D eigenvalue weighted by molar-refractivity contribution is 7.89. The minimum atomic E-state index is -4.24.